The Hall–Kier alpha value is -2.73. The minimum absolute atomic E-state index is 0.179. The van der Waals surface area contributed by atoms with Crippen LogP contribution in [-0.4, -0.2) is 93.5 Å². The van der Waals surface area contributed by atoms with Gasteiger partial charge in [0, 0.05) is 19.5 Å². The molecule has 0 aliphatic carbocycles. The van der Waals surface area contributed by atoms with Crippen LogP contribution in [0.4, 0.5) is 0 Å². The quantitative estimate of drug-likeness (QED) is 0.219. The van der Waals surface area contributed by atoms with E-state index in [-0.39, 0.29) is 25.3 Å². The van der Waals surface area contributed by atoms with Crippen LogP contribution in [0.1, 0.15) is 57.8 Å². The lowest BCUT2D eigenvalue weighted by Gasteiger charge is -2.30. The van der Waals surface area contributed by atoms with Crippen LogP contribution in [0, 0.1) is 0 Å². The fourth-order valence-corrected chi connectivity index (χ4v) is 4.43. The molecule has 2 aliphatic heterocycles. The molecular formula is C21H35N5O7. The van der Waals surface area contributed by atoms with Crippen molar-refractivity contribution in [2.75, 3.05) is 19.6 Å². The molecule has 3 amide bonds. The molecule has 33 heavy (non-hydrogen) atoms. The Kier molecular flexibility index (Phi) is 10.0. The summed E-state index contributed by atoms with van der Waals surface area (Å²) >= 11 is 0. The minimum Gasteiger partial charge on any atom is -0.481 e. The summed E-state index contributed by atoms with van der Waals surface area (Å²) in [4.78, 5) is 64.0. The number of nitrogens with two attached hydrogens (primary N) is 2. The molecule has 7 N–H and O–H groups in total. The molecule has 12 nitrogen and oxygen atoms in total. The van der Waals surface area contributed by atoms with Gasteiger partial charge in [-0.1, -0.05) is 6.42 Å². The maximum absolute atomic E-state index is 13.0. The number of carbonyl (C=O) groups is 5. The summed E-state index contributed by atoms with van der Waals surface area (Å²) in [5, 5.41) is 21.0. The molecule has 2 saturated heterocycles. The van der Waals surface area contributed by atoms with Gasteiger partial charge in [-0.2, -0.15) is 0 Å². The fraction of sp³-hybridized carbons (Fsp3) is 0.762. The van der Waals surface area contributed by atoms with E-state index in [4.69, 9.17) is 16.6 Å². The van der Waals surface area contributed by atoms with Crippen LogP contribution >= 0.6 is 0 Å². The van der Waals surface area contributed by atoms with Gasteiger partial charge >= 0.3 is 11.9 Å². The summed E-state index contributed by atoms with van der Waals surface area (Å²) in [5.41, 5.74) is 11.5. The highest BCUT2D eigenvalue weighted by Crippen LogP contribution is 2.22. The Morgan fingerprint density at radius 2 is 1.52 bits per heavy atom. The van der Waals surface area contributed by atoms with E-state index < -0.39 is 47.9 Å². The Morgan fingerprint density at radius 3 is 2.09 bits per heavy atom. The summed E-state index contributed by atoms with van der Waals surface area (Å²) in [7, 11) is 0. The Balaban J connectivity index is 2.09. The summed E-state index contributed by atoms with van der Waals surface area (Å²) in [5.74, 6) is -3.81. The summed E-state index contributed by atoms with van der Waals surface area (Å²) in [6, 6.07) is -3.76. The van der Waals surface area contributed by atoms with Crippen molar-refractivity contribution in [1.82, 2.24) is 15.1 Å². The first-order chi connectivity index (χ1) is 15.7. The van der Waals surface area contributed by atoms with E-state index in [0.717, 1.165) is 6.42 Å². The average Bonchev–Trinajstić information content (AvgIpc) is 3.45. The zero-order valence-corrected chi connectivity index (χ0v) is 18.8. The van der Waals surface area contributed by atoms with Gasteiger partial charge < -0.3 is 36.8 Å². The fourth-order valence-electron chi connectivity index (χ4n) is 4.43. The van der Waals surface area contributed by atoms with Gasteiger partial charge in [-0.15, -0.1) is 0 Å². The van der Waals surface area contributed by atoms with Gasteiger partial charge in [0.05, 0.1) is 6.04 Å². The normalized spacial score (nSPS) is 22.1. The molecule has 0 spiro atoms. The topological polar surface area (TPSA) is 196 Å². The predicted octanol–water partition coefficient (Wildman–Crippen LogP) is -1.14. The number of hydrogen-bond donors (Lipinski definition) is 5. The van der Waals surface area contributed by atoms with Gasteiger partial charge in [0.15, 0.2) is 0 Å². The number of nitrogens with zero attached hydrogens (tertiary/aromatic N) is 2. The summed E-state index contributed by atoms with van der Waals surface area (Å²) < 4.78 is 0. The minimum atomic E-state index is -1.19. The Bertz CT molecular complexity index is 747. The second kappa shape index (κ2) is 12.5. The summed E-state index contributed by atoms with van der Waals surface area (Å²) in [6.07, 6.45) is 3.14. The summed E-state index contributed by atoms with van der Waals surface area (Å²) in [6.45, 7) is 1.09. The predicted molar refractivity (Wildman–Crippen MR) is 117 cm³/mol. The number of carboxylic acids is 2. The molecule has 4 unspecified atom stereocenters. The number of likely N-dealkylation sites (tertiary alicyclic amines) is 2. The van der Waals surface area contributed by atoms with Crippen molar-refractivity contribution in [1.29, 1.82) is 0 Å². The molecule has 0 aromatic heterocycles. The SMILES string of the molecule is NCCCCC(N)C(=O)N1CCCC1C(=O)NC(CCC(=O)O)C(=O)N1CCCC1C(=O)O. The first-order valence-electron chi connectivity index (χ1n) is 11.5. The number of aliphatic carboxylic acids is 2. The van der Waals surface area contributed by atoms with Gasteiger partial charge in [-0.3, -0.25) is 19.2 Å². The van der Waals surface area contributed by atoms with E-state index in [2.05, 4.69) is 5.32 Å². The van der Waals surface area contributed by atoms with Gasteiger partial charge in [0.1, 0.15) is 18.1 Å². The zero-order chi connectivity index (χ0) is 24.5. The highest BCUT2D eigenvalue weighted by Gasteiger charge is 2.40. The Morgan fingerprint density at radius 1 is 0.909 bits per heavy atom. The molecule has 0 aromatic rings. The lowest BCUT2D eigenvalue weighted by atomic mass is 10.1. The van der Waals surface area contributed by atoms with Crippen molar-refractivity contribution in [3.8, 4) is 0 Å². The zero-order valence-electron chi connectivity index (χ0n) is 18.8. The van der Waals surface area contributed by atoms with Crippen molar-refractivity contribution in [2.45, 2.75) is 82.0 Å². The van der Waals surface area contributed by atoms with Crippen LogP contribution in [0.2, 0.25) is 0 Å². The largest absolute Gasteiger partial charge is 0.481 e. The second-order valence-corrected chi connectivity index (χ2v) is 8.60. The maximum atomic E-state index is 13.0. The molecular weight excluding hydrogens is 434 g/mol. The Labute approximate surface area is 192 Å². The number of nitrogens with one attached hydrogen (secondary N) is 1. The smallest absolute Gasteiger partial charge is 0.326 e. The van der Waals surface area contributed by atoms with Gasteiger partial charge in [0.25, 0.3) is 0 Å². The lowest BCUT2D eigenvalue weighted by molar-refractivity contribution is -0.150. The molecule has 2 heterocycles. The molecule has 4 atom stereocenters. The third kappa shape index (κ3) is 7.13. The maximum Gasteiger partial charge on any atom is 0.326 e. The van der Waals surface area contributed by atoms with Crippen LogP contribution in [-0.2, 0) is 24.0 Å². The number of hydrogen-bond acceptors (Lipinski definition) is 7. The van der Waals surface area contributed by atoms with Crippen molar-refractivity contribution in [3.63, 3.8) is 0 Å². The highest BCUT2D eigenvalue weighted by molar-refractivity contribution is 5.94. The van der Waals surface area contributed by atoms with E-state index in [9.17, 15) is 29.1 Å². The van der Waals surface area contributed by atoms with Gasteiger partial charge in [0.2, 0.25) is 17.7 Å². The standard InChI is InChI=1S/C21H35N5O7/c22-10-2-1-5-13(23)19(30)25-11-3-6-15(25)18(29)24-14(8-9-17(27)28)20(31)26-12-4-7-16(26)21(32)33/h13-16H,1-12,22-23H2,(H,24,29)(H,27,28)(H,32,33). The number of amides is 3. The van der Waals surface area contributed by atoms with Crippen molar-refractivity contribution in [3.05, 3.63) is 0 Å². The van der Waals surface area contributed by atoms with E-state index >= 15 is 0 Å². The number of carboxylic acid groups (broad SMARTS) is 2. The first-order valence-corrected chi connectivity index (χ1v) is 11.5. The molecule has 2 rings (SSSR count). The molecule has 0 saturated carbocycles. The molecule has 0 bridgehead atoms. The molecule has 186 valence electrons. The van der Waals surface area contributed by atoms with Crippen LogP contribution in [0.15, 0.2) is 0 Å². The first kappa shape index (κ1) is 26.5. The number of carbonyl (C=O) groups excluding carboxylic acids is 3. The van der Waals surface area contributed by atoms with Gasteiger partial charge in [-0.05, 0) is 51.5 Å². The third-order valence-electron chi connectivity index (χ3n) is 6.21. The van der Waals surface area contributed by atoms with E-state index in [1.807, 2.05) is 0 Å². The average molecular weight is 470 g/mol. The van der Waals surface area contributed by atoms with Crippen molar-refractivity contribution >= 4 is 29.7 Å². The van der Waals surface area contributed by atoms with Crippen LogP contribution in [0.3, 0.4) is 0 Å². The molecule has 0 aromatic carbocycles. The van der Waals surface area contributed by atoms with Crippen LogP contribution < -0.4 is 16.8 Å². The van der Waals surface area contributed by atoms with Crippen molar-refractivity contribution < 1.29 is 34.2 Å². The lowest BCUT2D eigenvalue weighted by Crippen LogP contribution is -2.56. The van der Waals surface area contributed by atoms with Crippen LogP contribution in [0.5, 0.6) is 0 Å². The van der Waals surface area contributed by atoms with Gasteiger partial charge in [-0.25, -0.2) is 4.79 Å². The second-order valence-electron chi connectivity index (χ2n) is 8.60. The highest BCUT2D eigenvalue weighted by atomic mass is 16.4. The van der Waals surface area contributed by atoms with Crippen LogP contribution in [0.25, 0.3) is 0 Å². The van der Waals surface area contributed by atoms with E-state index in [0.29, 0.717) is 51.6 Å². The molecule has 0 radical (unpaired) electrons. The molecule has 12 heteroatoms. The molecule has 2 fully saturated rings. The van der Waals surface area contributed by atoms with E-state index in [1.54, 1.807) is 0 Å². The number of rotatable bonds is 12. The van der Waals surface area contributed by atoms with Crippen molar-refractivity contribution in [2.24, 2.45) is 11.5 Å². The molecule has 2 aliphatic rings. The monoisotopic (exact) mass is 469 g/mol. The third-order valence-corrected chi connectivity index (χ3v) is 6.21. The van der Waals surface area contributed by atoms with E-state index in [1.165, 1.54) is 9.80 Å². The number of unbranched alkanes of at least 4 members (excludes halogenated alkanes) is 1.